The van der Waals surface area contributed by atoms with Crippen molar-refractivity contribution in [2.75, 3.05) is 0 Å². The van der Waals surface area contributed by atoms with Crippen LogP contribution in [0.25, 0.3) is 0 Å². The molecule has 0 radical (unpaired) electrons. The van der Waals surface area contributed by atoms with E-state index in [9.17, 15) is 13.2 Å². The van der Waals surface area contributed by atoms with Crippen LogP contribution in [0.2, 0.25) is 5.02 Å². The van der Waals surface area contributed by atoms with Crippen LogP contribution in [0.3, 0.4) is 0 Å². The average molecular weight is 331 g/mol. The van der Waals surface area contributed by atoms with Gasteiger partial charge in [0.15, 0.2) is 0 Å². The highest BCUT2D eigenvalue weighted by Gasteiger charge is 2.30. The molecule has 0 amide bonds. The van der Waals surface area contributed by atoms with Crippen molar-refractivity contribution in [1.82, 2.24) is 4.72 Å². The van der Waals surface area contributed by atoms with E-state index >= 15 is 0 Å². The van der Waals surface area contributed by atoms with Gasteiger partial charge in [0.05, 0.1) is 16.7 Å². The lowest BCUT2D eigenvalue weighted by atomic mass is 10.0. The summed E-state index contributed by atoms with van der Waals surface area (Å²) in [4.78, 5) is 10.9. The Morgan fingerprint density at radius 1 is 1.52 bits per heavy atom. The smallest absolute Gasteiger partial charge is 0.322 e. The number of carbonyl (C=O) groups is 1. The van der Waals surface area contributed by atoms with E-state index in [1.54, 1.807) is 13.8 Å². The fourth-order valence-electron chi connectivity index (χ4n) is 1.66. The second kappa shape index (κ2) is 6.89. The summed E-state index contributed by atoms with van der Waals surface area (Å²) < 4.78 is 26.6. The van der Waals surface area contributed by atoms with Crippen molar-refractivity contribution < 1.29 is 18.3 Å². The lowest BCUT2D eigenvalue weighted by molar-refractivity contribution is -0.140. The number of aliphatic carboxylic acids is 1. The van der Waals surface area contributed by atoms with Crippen LogP contribution in [0.5, 0.6) is 0 Å². The molecule has 0 saturated carbocycles. The van der Waals surface area contributed by atoms with Gasteiger partial charge in [-0.15, -0.1) is 0 Å². The minimum atomic E-state index is -4.09. The first-order valence-corrected chi connectivity index (χ1v) is 8.03. The summed E-state index contributed by atoms with van der Waals surface area (Å²) >= 11 is 5.85. The van der Waals surface area contributed by atoms with E-state index in [1.807, 2.05) is 6.07 Å². The number of nitrogens with one attached hydrogen (secondary N) is 1. The molecule has 1 rings (SSSR count). The van der Waals surface area contributed by atoms with Gasteiger partial charge in [0.1, 0.15) is 10.9 Å². The molecule has 0 aliphatic carbocycles. The quantitative estimate of drug-likeness (QED) is 0.829. The molecule has 0 bridgehead atoms. The van der Waals surface area contributed by atoms with E-state index in [4.69, 9.17) is 22.0 Å². The number of rotatable bonds is 6. The Bertz CT molecular complexity index is 682. The molecule has 6 nitrogen and oxygen atoms in total. The number of nitriles is 1. The molecule has 0 fully saturated rings. The van der Waals surface area contributed by atoms with Gasteiger partial charge < -0.3 is 5.11 Å². The number of carboxylic acids is 1. The van der Waals surface area contributed by atoms with Crippen LogP contribution in [0.15, 0.2) is 23.1 Å². The van der Waals surface area contributed by atoms with Crippen molar-refractivity contribution in [2.45, 2.75) is 31.2 Å². The van der Waals surface area contributed by atoms with Gasteiger partial charge in [0.2, 0.25) is 10.0 Å². The largest absolute Gasteiger partial charge is 0.480 e. The Labute approximate surface area is 128 Å². The number of hydrogen-bond donors (Lipinski definition) is 2. The topological polar surface area (TPSA) is 107 Å². The molecule has 114 valence electrons. The fraction of sp³-hybridized carbons (Fsp3) is 0.385. The summed E-state index contributed by atoms with van der Waals surface area (Å²) in [7, 11) is -4.09. The molecule has 0 aliphatic heterocycles. The van der Waals surface area contributed by atoms with E-state index in [2.05, 4.69) is 4.72 Å². The Hall–Kier alpha value is -1.62. The summed E-state index contributed by atoms with van der Waals surface area (Å²) in [6.45, 7) is 3.41. The van der Waals surface area contributed by atoms with Gasteiger partial charge in [-0.3, -0.25) is 4.79 Å². The van der Waals surface area contributed by atoms with Crippen molar-refractivity contribution in [3.63, 3.8) is 0 Å². The first-order valence-electron chi connectivity index (χ1n) is 6.17. The highest BCUT2D eigenvalue weighted by Crippen LogP contribution is 2.23. The van der Waals surface area contributed by atoms with Crippen molar-refractivity contribution in [3.8, 4) is 6.07 Å². The zero-order valence-electron chi connectivity index (χ0n) is 11.5. The average Bonchev–Trinajstić information content (AvgIpc) is 2.43. The molecule has 8 heteroatoms. The molecular formula is C13H15ClN2O4S. The highest BCUT2D eigenvalue weighted by atomic mass is 35.5. The Kier molecular flexibility index (Phi) is 5.72. The summed E-state index contributed by atoms with van der Waals surface area (Å²) in [6.07, 6.45) is 0.501. The molecule has 21 heavy (non-hydrogen) atoms. The van der Waals surface area contributed by atoms with Gasteiger partial charge in [-0.25, -0.2) is 8.42 Å². The maximum absolute atomic E-state index is 12.2. The third kappa shape index (κ3) is 4.17. The molecule has 2 atom stereocenters. The molecule has 0 spiro atoms. The highest BCUT2D eigenvalue weighted by molar-refractivity contribution is 7.89. The van der Waals surface area contributed by atoms with E-state index in [0.717, 1.165) is 0 Å². The van der Waals surface area contributed by atoms with Gasteiger partial charge >= 0.3 is 5.97 Å². The van der Waals surface area contributed by atoms with Crippen LogP contribution < -0.4 is 4.72 Å². The number of halogens is 1. The SMILES string of the molecule is CC[C@H](C)[C@H](NS(=O)(=O)c1ccc(C#N)cc1Cl)C(=O)O. The molecule has 0 aliphatic rings. The minimum Gasteiger partial charge on any atom is -0.480 e. The molecule has 0 heterocycles. The third-order valence-corrected chi connectivity index (χ3v) is 5.04. The van der Waals surface area contributed by atoms with Crippen molar-refractivity contribution in [2.24, 2.45) is 5.92 Å². The molecular weight excluding hydrogens is 316 g/mol. The molecule has 1 aromatic carbocycles. The van der Waals surface area contributed by atoms with Crippen LogP contribution >= 0.6 is 11.6 Å². The maximum Gasteiger partial charge on any atom is 0.322 e. The number of nitrogens with zero attached hydrogens (tertiary/aromatic N) is 1. The number of benzene rings is 1. The Morgan fingerprint density at radius 3 is 2.57 bits per heavy atom. The van der Waals surface area contributed by atoms with Gasteiger partial charge in [0.25, 0.3) is 0 Å². The normalized spacial score (nSPS) is 14.2. The first kappa shape index (κ1) is 17.4. The second-order valence-electron chi connectivity index (χ2n) is 4.58. The van der Waals surface area contributed by atoms with Crippen molar-refractivity contribution in [3.05, 3.63) is 28.8 Å². The van der Waals surface area contributed by atoms with E-state index in [-0.39, 0.29) is 21.4 Å². The van der Waals surface area contributed by atoms with Gasteiger partial charge in [-0.05, 0) is 24.1 Å². The second-order valence-corrected chi connectivity index (χ2v) is 6.67. The van der Waals surface area contributed by atoms with Crippen LogP contribution in [0.4, 0.5) is 0 Å². The zero-order chi connectivity index (χ0) is 16.2. The van der Waals surface area contributed by atoms with Gasteiger partial charge in [-0.1, -0.05) is 31.9 Å². The standard InChI is InChI=1S/C13H15ClN2O4S/c1-3-8(2)12(13(17)18)16-21(19,20)11-5-4-9(7-15)6-10(11)14/h4-6,8,12,16H,3H2,1-2H3,(H,17,18)/t8-,12-/m0/s1. The third-order valence-electron chi connectivity index (χ3n) is 3.11. The van der Waals surface area contributed by atoms with Crippen LogP contribution in [-0.2, 0) is 14.8 Å². The lowest BCUT2D eigenvalue weighted by Gasteiger charge is -2.20. The molecule has 0 aromatic heterocycles. The zero-order valence-corrected chi connectivity index (χ0v) is 13.1. The van der Waals surface area contributed by atoms with Crippen LogP contribution in [-0.4, -0.2) is 25.5 Å². The minimum absolute atomic E-state index is 0.130. The fourth-order valence-corrected chi connectivity index (χ4v) is 3.51. The van der Waals surface area contributed by atoms with Gasteiger partial charge in [-0.2, -0.15) is 9.98 Å². The van der Waals surface area contributed by atoms with Gasteiger partial charge in [0, 0.05) is 0 Å². The summed E-state index contributed by atoms with van der Waals surface area (Å²) in [5.41, 5.74) is 0.218. The predicted octanol–water partition coefficient (Wildman–Crippen LogP) is 1.99. The molecule has 0 saturated heterocycles. The molecule has 2 N–H and O–H groups in total. The first-order chi connectivity index (χ1) is 9.72. The van der Waals surface area contributed by atoms with E-state index < -0.39 is 22.0 Å². The van der Waals surface area contributed by atoms with E-state index in [0.29, 0.717) is 6.42 Å². The lowest BCUT2D eigenvalue weighted by Crippen LogP contribution is -2.44. The van der Waals surface area contributed by atoms with Crippen molar-refractivity contribution >= 4 is 27.6 Å². The summed E-state index contributed by atoms with van der Waals surface area (Å²) in [6, 6.07) is 4.30. The number of hydrogen-bond acceptors (Lipinski definition) is 4. The summed E-state index contributed by atoms with van der Waals surface area (Å²) in [5.74, 6) is -1.63. The molecule has 0 unspecified atom stereocenters. The van der Waals surface area contributed by atoms with Crippen LogP contribution in [0.1, 0.15) is 25.8 Å². The Balaban J connectivity index is 3.17. The maximum atomic E-state index is 12.2. The van der Waals surface area contributed by atoms with Crippen LogP contribution in [0, 0.1) is 17.2 Å². The Morgan fingerprint density at radius 2 is 2.14 bits per heavy atom. The predicted molar refractivity (Wildman–Crippen MR) is 77.4 cm³/mol. The van der Waals surface area contributed by atoms with E-state index in [1.165, 1.54) is 18.2 Å². The number of carboxylic acid groups (broad SMARTS) is 1. The monoisotopic (exact) mass is 330 g/mol. The number of sulfonamides is 1. The summed E-state index contributed by atoms with van der Waals surface area (Å²) in [5, 5.41) is 17.7. The molecule has 1 aromatic rings. The van der Waals surface area contributed by atoms with Crippen molar-refractivity contribution in [1.29, 1.82) is 5.26 Å².